The first-order chi connectivity index (χ1) is 7.08. The molecule has 0 aromatic rings. The van der Waals surface area contributed by atoms with Gasteiger partial charge in [-0.15, -0.1) is 0 Å². The van der Waals surface area contributed by atoms with Crippen molar-refractivity contribution in [1.82, 2.24) is 9.03 Å². The second-order valence-electron chi connectivity index (χ2n) is 3.90. The zero-order chi connectivity index (χ0) is 11.3. The Kier molecular flexibility index (Phi) is 5.80. The Morgan fingerprint density at radius 1 is 1.47 bits per heavy atom. The summed E-state index contributed by atoms with van der Waals surface area (Å²) in [7, 11) is -3.22. The van der Waals surface area contributed by atoms with Gasteiger partial charge in [-0.1, -0.05) is 29.0 Å². The summed E-state index contributed by atoms with van der Waals surface area (Å²) in [6.07, 6.45) is 3.99. The molecule has 0 amide bonds. The summed E-state index contributed by atoms with van der Waals surface area (Å²) in [6, 6.07) is 0.149. The van der Waals surface area contributed by atoms with Crippen LogP contribution in [-0.2, 0) is 10.2 Å². The number of nitrogens with zero attached hydrogens (tertiary/aromatic N) is 1. The van der Waals surface area contributed by atoms with Crippen molar-refractivity contribution in [2.24, 2.45) is 0 Å². The molecule has 0 spiro atoms. The van der Waals surface area contributed by atoms with Gasteiger partial charge < -0.3 is 0 Å². The molecule has 1 aliphatic heterocycles. The summed E-state index contributed by atoms with van der Waals surface area (Å²) in [5.41, 5.74) is 0. The molecule has 0 aliphatic carbocycles. The third-order valence-corrected chi connectivity index (χ3v) is 5.14. The van der Waals surface area contributed by atoms with Gasteiger partial charge in [0, 0.05) is 23.6 Å². The van der Waals surface area contributed by atoms with Gasteiger partial charge in [-0.25, -0.2) is 4.72 Å². The molecule has 1 N–H and O–H groups in total. The molecule has 15 heavy (non-hydrogen) atoms. The average Bonchev–Trinajstić information content (AvgIpc) is 2.18. The third-order valence-electron chi connectivity index (χ3n) is 2.65. The summed E-state index contributed by atoms with van der Waals surface area (Å²) in [5.74, 6) is 0. The summed E-state index contributed by atoms with van der Waals surface area (Å²) in [4.78, 5) is 0. The van der Waals surface area contributed by atoms with Gasteiger partial charge in [-0.05, 0) is 26.2 Å². The molecule has 1 aliphatic rings. The first kappa shape index (κ1) is 13.7. The summed E-state index contributed by atoms with van der Waals surface area (Å²) < 4.78 is 29.0. The highest BCUT2D eigenvalue weighted by Crippen LogP contribution is 2.18. The number of piperidine rings is 1. The van der Waals surface area contributed by atoms with E-state index in [1.54, 1.807) is 4.31 Å². The van der Waals surface area contributed by atoms with E-state index in [1.165, 1.54) is 0 Å². The minimum absolute atomic E-state index is 0.149. The van der Waals surface area contributed by atoms with E-state index in [9.17, 15) is 8.42 Å². The van der Waals surface area contributed by atoms with E-state index in [-0.39, 0.29) is 6.04 Å². The number of halogens is 1. The molecular formula is C9H19IN2O2S. The molecule has 1 unspecified atom stereocenters. The quantitative estimate of drug-likeness (QED) is 0.466. The van der Waals surface area contributed by atoms with Gasteiger partial charge in [-0.3, -0.25) is 0 Å². The van der Waals surface area contributed by atoms with Crippen LogP contribution in [0.2, 0.25) is 0 Å². The van der Waals surface area contributed by atoms with Crippen molar-refractivity contribution in [3.63, 3.8) is 0 Å². The van der Waals surface area contributed by atoms with Crippen LogP contribution in [0.5, 0.6) is 0 Å². The maximum absolute atomic E-state index is 11.9. The average molecular weight is 346 g/mol. The van der Waals surface area contributed by atoms with Crippen LogP contribution in [0.3, 0.4) is 0 Å². The molecule has 0 aromatic heterocycles. The number of hydrogen-bond acceptors (Lipinski definition) is 2. The smallest absolute Gasteiger partial charge is 0.202 e. The molecule has 4 nitrogen and oxygen atoms in total. The molecule has 1 fully saturated rings. The number of rotatable bonds is 5. The van der Waals surface area contributed by atoms with E-state index in [0.717, 1.165) is 30.1 Å². The molecule has 1 saturated heterocycles. The van der Waals surface area contributed by atoms with Crippen molar-refractivity contribution in [2.75, 3.05) is 17.5 Å². The lowest BCUT2D eigenvalue weighted by Gasteiger charge is -2.32. The van der Waals surface area contributed by atoms with E-state index in [2.05, 4.69) is 27.3 Å². The van der Waals surface area contributed by atoms with Gasteiger partial charge in [0.2, 0.25) is 0 Å². The molecule has 1 atom stereocenters. The van der Waals surface area contributed by atoms with Crippen LogP contribution in [0.25, 0.3) is 0 Å². The molecule has 0 saturated carbocycles. The Bertz CT molecular complexity index is 282. The second-order valence-corrected chi connectivity index (χ2v) is 6.68. The van der Waals surface area contributed by atoms with Gasteiger partial charge in [0.15, 0.2) is 0 Å². The Morgan fingerprint density at radius 3 is 2.80 bits per heavy atom. The minimum atomic E-state index is -3.22. The lowest BCUT2D eigenvalue weighted by Crippen LogP contribution is -2.48. The van der Waals surface area contributed by atoms with Gasteiger partial charge >= 0.3 is 0 Å². The van der Waals surface area contributed by atoms with Crippen LogP contribution in [0.15, 0.2) is 0 Å². The first-order valence-corrected chi connectivity index (χ1v) is 8.37. The normalized spacial score (nSPS) is 24.3. The maximum atomic E-state index is 11.9. The number of hydrogen-bond donors (Lipinski definition) is 1. The zero-order valence-electron chi connectivity index (χ0n) is 9.08. The van der Waals surface area contributed by atoms with Gasteiger partial charge in [-0.2, -0.15) is 12.7 Å². The minimum Gasteiger partial charge on any atom is -0.202 e. The third kappa shape index (κ3) is 4.16. The Morgan fingerprint density at radius 2 is 2.20 bits per heavy atom. The topological polar surface area (TPSA) is 49.4 Å². The van der Waals surface area contributed by atoms with Crippen molar-refractivity contribution < 1.29 is 8.42 Å². The fourth-order valence-electron chi connectivity index (χ4n) is 1.78. The van der Waals surface area contributed by atoms with E-state index in [4.69, 9.17) is 0 Å². The van der Waals surface area contributed by atoms with Crippen molar-refractivity contribution in [2.45, 2.75) is 38.6 Å². The highest BCUT2D eigenvalue weighted by Gasteiger charge is 2.28. The fourth-order valence-corrected chi connectivity index (χ4v) is 3.68. The van der Waals surface area contributed by atoms with Gasteiger partial charge in [0.25, 0.3) is 10.2 Å². The van der Waals surface area contributed by atoms with Gasteiger partial charge in [0.05, 0.1) is 0 Å². The van der Waals surface area contributed by atoms with Crippen LogP contribution < -0.4 is 4.72 Å². The van der Waals surface area contributed by atoms with E-state index in [1.807, 2.05) is 6.92 Å². The summed E-state index contributed by atoms with van der Waals surface area (Å²) >= 11 is 2.25. The number of alkyl halides is 1. The molecule has 0 aromatic carbocycles. The maximum Gasteiger partial charge on any atom is 0.279 e. The van der Waals surface area contributed by atoms with Crippen LogP contribution in [-0.4, -0.2) is 36.3 Å². The molecule has 0 radical (unpaired) electrons. The first-order valence-electron chi connectivity index (χ1n) is 5.40. The van der Waals surface area contributed by atoms with Crippen molar-refractivity contribution in [3.05, 3.63) is 0 Å². The predicted molar refractivity (Wildman–Crippen MR) is 70.4 cm³/mol. The highest BCUT2D eigenvalue weighted by atomic mass is 127. The van der Waals surface area contributed by atoms with Crippen molar-refractivity contribution in [3.8, 4) is 0 Å². The SMILES string of the molecule is CC1CCCCN1S(=O)(=O)NCCCI. The van der Waals surface area contributed by atoms with Crippen molar-refractivity contribution >= 4 is 32.8 Å². The second kappa shape index (κ2) is 6.36. The highest BCUT2D eigenvalue weighted by molar-refractivity contribution is 14.1. The van der Waals surface area contributed by atoms with Crippen molar-refractivity contribution in [1.29, 1.82) is 0 Å². The lowest BCUT2D eigenvalue weighted by atomic mass is 10.1. The molecule has 0 bridgehead atoms. The number of nitrogens with one attached hydrogen (secondary N) is 1. The molecular weight excluding hydrogens is 327 g/mol. The standard InChI is InChI=1S/C9H19IN2O2S/c1-9-5-2-3-8-12(9)15(13,14)11-7-4-6-10/h9,11H,2-8H2,1H3. The Hall–Kier alpha value is 0.600. The molecule has 90 valence electrons. The Balaban J connectivity index is 2.51. The van der Waals surface area contributed by atoms with E-state index < -0.39 is 10.2 Å². The van der Waals surface area contributed by atoms with Crippen LogP contribution in [0.4, 0.5) is 0 Å². The summed E-state index contributed by atoms with van der Waals surface area (Å²) in [6.45, 7) is 3.20. The largest absolute Gasteiger partial charge is 0.279 e. The Labute approximate surface area is 106 Å². The summed E-state index contributed by atoms with van der Waals surface area (Å²) in [5, 5.41) is 0. The monoisotopic (exact) mass is 346 g/mol. The predicted octanol–water partition coefficient (Wildman–Crippen LogP) is 1.52. The molecule has 1 heterocycles. The van der Waals surface area contributed by atoms with E-state index in [0.29, 0.717) is 13.1 Å². The van der Waals surface area contributed by atoms with Crippen LogP contribution in [0.1, 0.15) is 32.6 Å². The lowest BCUT2D eigenvalue weighted by molar-refractivity contribution is 0.265. The fraction of sp³-hybridized carbons (Fsp3) is 1.00. The molecule has 1 rings (SSSR count). The van der Waals surface area contributed by atoms with Crippen LogP contribution in [0, 0.1) is 0 Å². The van der Waals surface area contributed by atoms with Gasteiger partial charge in [0.1, 0.15) is 0 Å². The van der Waals surface area contributed by atoms with E-state index >= 15 is 0 Å². The molecule has 6 heteroatoms. The zero-order valence-corrected chi connectivity index (χ0v) is 12.1. The van der Waals surface area contributed by atoms with Crippen LogP contribution >= 0.6 is 22.6 Å².